The van der Waals surface area contributed by atoms with E-state index >= 15 is 0 Å². The number of anilines is 1. The van der Waals surface area contributed by atoms with Gasteiger partial charge in [-0.15, -0.1) is 0 Å². The molecule has 0 bridgehead atoms. The molecule has 1 aromatic heterocycles. The molecule has 1 N–H and O–H groups in total. The zero-order valence-corrected chi connectivity index (χ0v) is 14.3. The highest BCUT2D eigenvalue weighted by molar-refractivity contribution is 5.71. The van der Waals surface area contributed by atoms with E-state index in [-0.39, 0.29) is 0 Å². The predicted octanol–water partition coefficient (Wildman–Crippen LogP) is 3.30. The highest BCUT2D eigenvalue weighted by Crippen LogP contribution is 2.33. The summed E-state index contributed by atoms with van der Waals surface area (Å²) < 4.78 is 44.2. The van der Waals surface area contributed by atoms with Crippen molar-refractivity contribution < 1.29 is 17.9 Å². The second-order valence-electron chi connectivity index (χ2n) is 6.07. The summed E-state index contributed by atoms with van der Waals surface area (Å²) in [6.45, 7) is 4.99. The molecule has 1 fully saturated rings. The van der Waals surface area contributed by atoms with Crippen LogP contribution in [0.4, 0.5) is 19.0 Å². The van der Waals surface area contributed by atoms with Gasteiger partial charge in [0.1, 0.15) is 5.69 Å². The monoisotopic (exact) mass is 366 g/mol. The summed E-state index contributed by atoms with van der Waals surface area (Å²) in [6, 6.07) is 5.14. The third kappa shape index (κ3) is 4.92. The summed E-state index contributed by atoms with van der Waals surface area (Å²) in [4.78, 5) is 10.8. The molecule has 1 aromatic carbocycles. The van der Waals surface area contributed by atoms with E-state index in [0.29, 0.717) is 23.6 Å². The van der Waals surface area contributed by atoms with Crippen molar-refractivity contribution in [3.05, 3.63) is 42.2 Å². The maximum absolute atomic E-state index is 12.9. The number of alkyl halides is 3. The van der Waals surface area contributed by atoms with Crippen molar-refractivity contribution in [2.24, 2.45) is 0 Å². The Kier molecular flexibility index (Phi) is 6.05. The van der Waals surface area contributed by atoms with Crippen molar-refractivity contribution >= 4 is 5.82 Å². The maximum atomic E-state index is 12.9. The molecule has 1 saturated heterocycles. The van der Waals surface area contributed by atoms with Crippen molar-refractivity contribution in [2.45, 2.75) is 12.6 Å². The number of halogens is 3. The summed E-state index contributed by atoms with van der Waals surface area (Å²) in [5.41, 5.74) is 0.118. The number of hydrogen-bond donors (Lipinski definition) is 1. The first-order valence-corrected chi connectivity index (χ1v) is 8.56. The van der Waals surface area contributed by atoms with Crippen LogP contribution in [0.5, 0.6) is 0 Å². The zero-order valence-electron chi connectivity index (χ0n) is 14.3. The molecule has 0 saturated carbocycles. The smallest absolute Gasteiger partial charge is 0.379 e. The first-order valence-electron chi connectivity index (χ1n) is 8.56. The van der Waals surface area contributed by atoms with Crippen LogP contribution in [0.15, 0.2) is 36.7 Å². The van der Waals surface area contributed by atoms with Gasteiger partial charge in [0.05, 0.1) is 18.8 Å². The number of nitrogens with zero attached hydrogens (tertiary/aromatic N) is 3. The fourth-order valence-corrected chi connectivity index (χ4v) is 2.86. The molecule has 3 rings (SSSR count). The fraction of sp³-hybridized carbons (Fsp3) is 0.444. The average molecular weight is 366 g/mol. The lowest BCUT2D eigenvalue weighted by Crippen LogP contribution is -2.37. The molecular formula is C18H21F3N4O. The van der Waals surface area contributed by atoms with Crippen LogP contribution >= 0.6 is 0 Å². The first-order chi connectivity index (χ1) is 12.5. The van der Waals surface area contributed by atoms with Gasteiger partial charge >= 0.3 is 6.18 Å². The third-order valence-corrected chi connectivity index (χ3v) is 4.21. The molecular weight excluding hydrogens is 345 g/mol. The van der Waals surface area contributed by atoms with E-state index in [9.17, 15) is 13.2 Å². The minimum atomic E-state index is -4.38. The molecule has 2 aromatic rings. The second kappa shape index (κ2) is 8.46. The molecule has 0 amide bonds. The number of nitrogens with one attached hydrogen (secondary N) is 1. The fourth-order valence-electron chi connectivity index (χ4n) is 2.86. The van der Waals surface area contributed by atoms with E-state index in [0.717, 1.165) is 51.4 Å². The normalized spacial score (nSPS) is 15.8. The van der Waals surface area contributed by atoms with E-state index < -0.39 is 11.7 Å². The minimum absolute atomic E-state index is 0.392. The lowest BCUT2D eigenvalue weighted by Gasteiger charge is -2.26. The minimum Gasteiger partial charge on any atom is -0.379 e. The SMILES string of the molecule is FC(F)(F)c1cccc(-c2nccnc2NCCCN2CCOCC2)c1. The molecule has 5 nitrogen and oxygen atoms in total. The Labute approximate surface area is 150 Å². The zero-order chi connectivity index (χ0) is 18.4. The number of benzene rings is 1. The van der Waals surface area contributed by atoms with Gasteiger partial charge in [-0.1, -0.05) is 12.1 Å². The van der Waals surface area contributed by atoms with Gasteiger partial charge in [0.2, 0.25) is 0 Å². The number of morpholine rings is 1. The molecule has 0 unspecified atom stereocenters. The van der Waals surface area contributed by atoms with E-state index in [4.69, 9.17) is 4.74 Å². The molecule has 8 heteroatoms. The molecule has 0 atom stereocenters. The van der Waals surface area contributed by atoms with E-state index in [2.05, 4.69) is 20.2 Å². The third-order valence-electron chi connectivity index (χ3n) is 4.21. The van der Waals surface area contributed by atoms with Crippen LogP contribution in [0, 0.1) is 0 Å². The summed E-state index contributed by atoms with van der Waals surface area (Å²) in [7, 11) is 0. The summed E-state index contributed by atoms with van der Waals surface area (Å²) in [5, 5.41) is 3.20. The van der Waals surface area contributed by atoms with E-state index in [1.54, 1.807) is 6.07 Å². The topological polar surface area (TPSA) is 50.3 Å². The van der Waals surface area contributed by atoms with Crippen molar-refractivity contribution in [2.75, 3.05) is 44.7 Å². The molecule has 1 aliphatic heterocycles. The van der Waals surface area contributed by atoms with Gasteiger partial charge in [0.15, 0.2) is 5.82 Å². The van der Waals surface area contributed by atoms with Crippen molar-refractivity contribution in [3.8, 4) is 11.3 Å². The Bertz CT molecular complexity index is 718. The number of aromatic nitrogens is 2. The van der Waals surface area contributed by atoms with Gasteiger partial charge in [0.25, 0.3) is 0 Å². The highest BCUT2D eigenvalue weighted by Gasteiger charge is 2.30. The van der Waals surface area contributed by atoms with Gasteiger partial charge in [-0.05, 0) is 25.1 Å². The van der Waals surface area contributed by atoms with E-state index in [1.807, 2.05) is 0 Å². The van der Waals surface area contributed by atoms with Crippen molar-refractivity contribution in [1.82, 2.24) is 14.9 Å². The molecule has 0 aliphatic carbocycles. The van der Waals surface area contributed by atoms with Gasteiger partial charge in [0, 0.05) is 37.6 Å². The van der Waals surface area contributed by atoms with Gasteiger partial charge < -0.3 is 10.1 Å². The lowest BCUT2D eigenvalue weighted by molar-refractivity contribution is -0.137. The number of ether oxygens (including phenoxy) is 1. The first kappa shape index (κ1) is 18.6. The predicted molar refractivity (Wildman–Crippen MR) is 92.8 cm³/mol. The Morgan fingerprint density at radius 1 is 1.12 bits per heavy atom. The Morgan fingerprint density at radius 3 is 2.65 bits per heavy atom. The molecule has 0 spiro atoms. The van der Waals surface area contributed by atoms with E-state index in [1.165, 1.54) is 18.5 Å². The number of hydrogen-bond acceptors (Lipinski definition) is 5. The Balaban J connectivity index is 1.64. The van der Waals surface area contributed by atoms with Crippen LogP contribution in [-0.4, -0.2) is 54.3 Å². The average Bonchev–Trinajstić information content (AvgIpc) is 2.66. The largest absolute Gasteiger partial charge is 0.416 e. The van der Waals surface area contributed by atoms with Crippen LogP contribution in [0.1, 0.15) is 12.0 Å². The molecule has 0 radical (unpaired) electrons. The Hall–Kier alpha value is -2.19. The molecule has 26 heavy (non-hydrogen) atoms. The van der Waals surface area contributed by atoms with Gasteiger partial charge in [-0.2, -0.15) is 13.2 Å². The van der Waals surface area contributed by atoms with Crippen LogP contribution in [-0.2, 0) is 10.9 Å². The second-order valence-corrected chi connectivity index (χ2v) is 6.07. The van der Waals surface area contributed by atoms with Crippen LogP contribution in [0.25, 0.3) is 11.3 Å². The highest BCUT2D eigenvalue weighted by atomic mass is 19.4. The standard InChI is InChI=1S/C18H21F3N4O/c19-18(20,21)15-4-1-3-14(13-15)16-17(24-7-6-22-16)23-5-2-8-25-9-11-26-12-10-25/h1,3-4,6-7,13H,2,5,8-12H2,(H,23,24). The number of rotatable bonds is 6. The van der Waals surface area contributed by atoms with Gasteiger partial charge in [-0.3, -0.25) is 9.88 Å². The van der Waals surface area contributed by atoms with Crippen molar-refractivity contribution in [1.29, 1.82) is 0 Å². The molecule has 1 aliphatic rings. The lowest BCUT2D eigenvalue weighted by atomic mass is 10.1. The van der Waals surface area contributed by atoms with Crippen LogP contribution in [0.2, 0.25) is 0 Å². The Morgan fingerprint density at radius 2 is 1.88 bits per heavy atom. The summed E-state index contributed by atoms with van der Waals surface area (Å²) in [6.07, 6.45) is -0.474. The molecule has 2 heterocycles. The quantitative estimate of drug-likeness (QED) is 0.795. The van der Waals surface area contributed by atoms with Gasteiger partial charge in [-0.25, -0.2) is 4.98 Å². The van der Waals surface area contributed by atoms with Crippen molar-refractivity contribution in [3.63, 3.8) is 0 Å². The summed E-state index contributed by atoms with van der Waals surface area (Å²) >= 11 is 0. The maximum Gasteiger partial charge on any atom is 0.416 e. The van der Waals surface area contributed by atoms with Crippen LogP contribution < -0.4 is 5.32 Å². The van der Waals surface area contributed by atoms with Crippen LogP contribution in [0.3, 0.4) is 0 Å². The summed E-state index contributed by atoms with van der Waals surface area (Å²) in [5.74, 6) is 0.494. The molecule has 140 valence electrons.